The third kappa shape index (κ3) is 2.98. The van der Waals surface area contributed by atoms with Gasteiger partial charge in [-0.2, -0.15) is 0 Å². The van der Waals surface area contributed by atoms with E-state index in [0.29, 0.717) is 30.5 Å². The normalized spacial score (nSPS) is 13.6. The highest BCUT2D eigenvalue weighted by molar-refractivity contribution is 7.18. The van der Waals surface area contributed by atoms with Gasteiger partial charge in [0.25, 0.3) is 5.56 Å². The first-order valence-corrected chi connectivity index (χ1v) is 9.97. The molecule has 1 aliphatic rings. The van der Waals surface area contributed by atoms with Crippen molar-refractivity contribution in [2.75, 3.05) is 13.2 Å². The Labute approximate surface area is 156 Å². The zero-order valence-corrected chi connectivity index (χ0v) is 15.9. The van der Waals surface area contributed by atoms with Gasteiger partial charge in [0.15, 0.2) is 11.5 Å². The highest BCUT2D eigenvalue weighted by atomic mass is 32.1. The lowest BCUT2D eigenvalue weighted by atomic mass is 9.97. The van der Waals surface area contributed by atoms with Crippen molar-refractivity contribution in [2.45, 2.75) is 39.5 Å². The Balaban J connectivity index is 1.81. The molecule has 0 fully saturated rings. The number of aryl methyl sites for hydroxylation is 2. The number of nitrogens with zero attached hydrogens (tertiary/aromatic N) is 1. The molecule has 0 unspecified atom stereocenters. The number of aromatic amines is 1. The molecule has 2 heterocycles. The van der Waals surface area contributed by atoms with Crippen molar-refractivity contribution in [3.05, 3.63) is 39.0 Å². The standard InChI is InChI=1S/C20H22N2O3S/c1-3-24-14-10-9-12(11-15(14)25-4-2)18-21-19(23)17-13-7-5-6-8-16(13)26-20(17)22-18/h9-11H,3-8H2,1-2H3,(H,21,22,23). The van der Waals surface area contributed by atoms with E-state index >= 15 is 0 Å². The number of thiophene rings is 1. The summed E-state index contributed by atoms with van der Waals surface area (Å²) >= 11 is 1.66. The molecular weight excluding hydrogens is 348 g/mol. The molecular formula is C20H22N2O3S. The molecule has 6 heteroatoms. The van der Waals surface area contributed by atoms with E-state index in [1.165, 1.54) is 16.9 Å². The minimum Gasteiger partial charge on any atom is -0.490 e. The van der Waals surface area contributed by atoms with Crippen molar-refractivity contribution >= 4 is 21.6 Å². The van der Waals surface area contributed by atoms with E-state index in [1.54, 1.807) is 11.3 Å². The van der Waals surface area contributed by atoms with Crippen LogP contribution in [-0.2, 0) is 12.8 Å². The maximum atomic E-state index is 12.7. The lowest BCUT2D eigenvalue weighted by Gasteiger charge is -2.12. The molecule has 2 aromatic heterocycles. The van der Waals surface area contributed by atoms with Crippen molar-refractivity contribution in [3.63, 3.8) is 0 Å². The van der Waals surface area contributed by atoms with Crippen molar-refractivity contribution in [2.24, 2.45) is 0 Å². The third-order valence-corrected chi connectivity index (χ3v) is 5.83. The highest BCUT2D eigenvalue weighted by Gasteiger charge is 2.20. The van der Waals surface area contributed by atoms with E-state index in [4.69, 9.17) is 14.5 Å². The van der Waals surface area contributed by atoms with Crippen LogP contribution >= 0.6 is 11.3 Å². The second-order valence-corrected chi connectivity index (χ2v) is 7.42. The maximum absolute atomic E-state index is 12.7. The summed E-state index contributed by atoms with van der Waals surface area (Å²) < 4.78 is 11.3. The molecule has 3 aromatic rings. The van der Waals surface area contributed by atoms with Gasteiger partial charge in [0.1, 0.15) is 10.7 Å². The van der Waals surface area contributed by atoms with Crippen molar-refractivity contribution in [3.8, 4) is 22.9 Å². The third-order valence-electron chi connectivity index (χ3n) is 4.64. The summed E-state index contributed by atoms with van der Waals surface area (Å²) in [5.74, 6) is 1.94. The van der Waals surface area contributed by atoms with E-state index in [0.717, 1.165) is 35.0 Å². The molecule has 0 radical (unpaired) electrons. The number of benzene rings is 1. The molecule has 5 nitrogen and oxygen atoms in total. The first kappa shape index (κ1) is 17.1. The largest absolute Gasteiger partial charge is 0.490 e. The quantitative estimate of drug-likeness (QED) is 0.726. The van der Waals surface area contributed by atoms with Crippen molar-refractivity contribution in [1.29, 1.82) is 0 Å². The second-order valence-electron chi connectivity index (χ2n) is 6.33. The number of ether oxygens (including phenoxy) is 2. The molecule has 0 spiro atoms. The number of nitrogens with one attached hydrogen (secondary N) is 1. The number of aromatic nitrogens is 2. The van der Waals surface area contributed by atoms with Crippen LogP contribution < -0.4 is 15.0 Å². The van der Waals surface area contributed by atoms with Crippen molar-refractivity contribution in [1.82, 2.24) is 9.97 Å². The number of hydrogen-bond acceptors (Lipinski definition) is 5. The van der Waals surface area contributed by atoms with E-state index in [1.807, 2.05) is 32.0 Å². The molecule has 1 aromatic carbocycles. The van der Waals surface area contributed by atoms with Crippen LogP contribution in [0.5, 0.6) is 11.5 Å². The van der Waals surface area contributed by atoms with Crippen LogP contribution in [0.2, 0.25) is 0 Å². The SMILES string of the molecule is CCOc1ccc(-c2nc3sc4c(c3c(=O)[nH]2)CCCC4)cc1OCC. The predicted octanol–water partition coefficient (Wildman–Crippen LogP) is 4.33. The predicted molar refractivity (Wildman–Crippen MR) is 105 cm³/mol. The smallest absolute Gasteiger partial charge is 0.260 e. The number of fused-ring (bicyclic) bond motifs is 3. The van der Waals surface area contributed by atoms with E-state index in [2.05, 4.69) is 4.98 Å². The summed E-state index contributed by atoms with van der Waals surface area (Å²) in [5.41, 5.74) is 1.98. The Hall–Kier alpha value is -2.34. The summed E-state index contributed by atoms with van der Waals surface area (Å²) in [5, 5.41) is 0.782. The zero-order chi connectivity index (χ0) is 18.1. The fourth-order valence-electron chi connectivity index (χ4n) is 3.50. The fraction of sp³-hybridized carbons (Fsp3) is 0.400. The van der Waals surface area contributed by atoms with Gasteiger partial charge in [-0.05, 0) is 63.3 Å². The van der Waals surface area contributed by atoms with E-state index in [9.17, 15) is 4.79 Å². The molecule has 136 valence electrons. The van der Waals surface area contributed by atoms with Crippen LogP contribution in [0.3, 0.4) is 0 Å². The van der Waals surface area contributed by atoms with Gasteiger partial charge in [-0.25, -0.2) is 4.98 Å². The van der Waals surface area contributed by atoms with Crippen LogP contribution in [0.4, 0.5) is 0 Å². The Morgan fingerprint density at radius 1 is 1.12 bits per heavy atom. The van der Waals surface area contributed by atoms with Crippen LogP contribution in [0.25, 0.3) is 21.6 Å². The Bertz CT molecular complexity index is 1010. The van der Waals surface area contributed by atoms with Crippen LogP contribution in [-0.4, -0.2) is 23.2 Å². The molecule has 1 aliphatic carbocycles. The minimum absolute atomic E-state index is 0.0451. The lowest BCUT2D eigenvalue weighted by molar-refractivity contribution is 0.288. The van der Waals surface area contributed by atoms with Gasteiger partial charge < -0.3 is 14.5 Å². The lowest BCUT2D eigenvalue weighted by Crippen LogP contribution is -2.11. The minimum atomic E-state index is -0.0451. The van der Waals surface area contributed by atoms with Crippen LogP contribution in [0, 0.1) is 0 Å². The maximum Gasteiger partial charge on any atom is 0.260 e. The van der Waals surface area contributed by atoms with Gasteiger partial charge in [-0.15, -0.1) is 11.3 Å². The molecule has 0 atom stereocenters. The molecule has 26 heavy (non-hydrogen) atoms. The van der Waals surface area contributed by atoms with Gasteiger partial charge in [-0.1, -0.05) is 0 Å². The molecule has 0 bridgehead atoms. The number of hydrogen-bond donors (Lipinski definition) is 1. The summed E-state index contributed by atoms with van der Waals surface area (Å²) in [6, 6.07) is 5.66. The van der Waals surface area contributed by atoms with Gasteiger partial charge >= 0.3 is 0 Å². The number of H-pyrrole nitrogens is 1. The second kappa shape index (κ2) is 7.11. The summed E-state index contributed by atoms with van der Waals surface area (Å²) in [6.45, 7) is 4.99. The fourth-order valence-corrected chi connectivity index (χ4v) is 4.76. The van der Waals surface area contributed by atoms with Crippen LogP contribution in [0.1, 0.15) is 37.1 Å². The average Bonchev–Trinajstić information content (AvgIpc) is 3.02. The number of rotatable bonds is 5. The van der Waals surface area contributed by atoms with E-state index in [-0.39, 0.29) is 5.56 Å². The molecule has 4 rings (SSSR count). The van der Waals surface area contributed by atoms with Gasteiger partial charge in [0.2, 0.25) is 0 Å². The topological polar surface area (TPSA) is 64.2 Å². The van der Waals surface area contributed by atoms with Gasteiger partial charge in [-0.3, -0.25) is 4.79 Å². The summed E-state index contributed by atoms with van der Waals surface area (Å²) in [7, 11) is 0. The Morgan fingerprint density at radius 3 is 2.69 bits per heavy atom. The summed E-state index contributed by atoms with van der Waals surface area (Å²) in [4.78, 5) is 22.6. The monoisotopic (exact) mass is 370 g/mol. The Morgan fingerprint density at radius 2 is 1.88 bits per heavy atom. The molecule has 0 amide bonds. The van der Waals surface area contributed by atoms with Crippen LogP contribution in [0.15, 0.2) is 23.0 Å². The molecule has 0 aliphatic heterocycles. The molecule has 1 N–H and O–H groups in total. The highest BCUT2D eigenvalue weighted by Crippen LogP contribution is 2.35. The molecule has 0 saturated carbocycles. The van der Waals surface area contributed by atoms with E-state index < -0.39 is 0 Å². The summed E-state index contributed by atoms with van der Waals surface area (Å²) in [6.07, 6.45) is 4.39. The van der Waals surface area contributed by atoms with Crippen molar-refractivity contribution < 1.29 is 9.47 Å². The van der Waals surface area contributed by atoms with Gasteiger partial charge in [0.05, 0.1) is 18.6 Å². The first-order chi connectivity index (χ1) is 12.7. The average molecular weight is 370 g/mol. The Kier molecular flexibility index (Phi) is 4.68. The first-order valence-electron chi connectivity index (χ1n) is 9.15. The van der Waals surface area contributed by atoms with Gasteiger partial charge in [0, 0.05) is 10.4 Å². The zero-order valence-electron chi connectivity index (χ0n) is 15.1. The molecule has 0 saturated heterocycles.